The lowest BCUT2D eigenvalue weighted by Gasteiger charge is -2.39. The first-order valence-electron chi connectivity index (χ1n) is 7.07. The SMILES string of the molecule is COc1cccc(CN2CC(Cn3cc(C)cn3)C2)c1. The molecule has 0 radical (unpaired) electrons. The van der Waals surface area contributed by atoms with Gasteiger partial charge in [-0.25, -0.2) is 0 Å². The second-order valence-corrected chi connectivity index (χ2v) is 5.65. The van der Waals surface area contributed by atoms with Crippen LogP contribution >= 0.6 is 0 Å². The maximum absolute atomic E-state index is 5.26. The molecular formula is C16H21N3O. The lowest BCUT2D eigenvalue weighted by molar-refractivity contribution is 0.0777. The highest BCUT2D eigenvalue weighted by atomic mass is 16.5. The smallest absolute Gasteiger partial charge is 0.119 e. The van der Waals surface area contributed by atoms with Gasteiger partial charge in [-0.05, 0) is 30.2 Å². The zero-order valence-corrected chi connectivity index (χ0v) is 12.1. The topological polar surface area (TPSA) is 30.3 Å². The number of likely N-dealkylation sites (tertiary alicyclic amines) is 1. The summed E-state index contributed by atoms with van der Waals surface area (Å²) in [7, 11) is 1.71. The first-order chi connectivity index (χ1) is 9.72. The van der Waals surface area contributed by atoms with Crippen molar-refractivity contribution in [1.82, 2.24) is 14.7 Å². The van der Waals surface area contributed by atoms with E-state index in [-0.39, 0.29) is 0 Å². The van der Waals surface area contributed by atoms with Crippen LogP contribution < -0.4 is 4.74 Å². The van der Waals surface area contributed by atoms with Gasteiger partial charge in [0.2, 0.25) is 0 Å². The zero-order valence-electron chi connectivity index (χ0n) is 12.1. The van der Waals surface area contributed by atoms with Crippen molar-refractivity contribution in [3.63, 3.8) is 0 Å². The molecule has 2 aromatic rings. The van der Waals surface area contributed by atoms with Crippen LogP contribution in [-0.2, 0) is 13.1 Å². The Morgan fingerprint density at radius 1 is 1.35 bits per heavy atom. The minimum absolute atomic E-state index is 0.722. The number of hydrogen-bond acceptors (Lipinski definition) is 3. The fraction of sp³-hybridized carbons (Fsp3) is 0.438. The van der Waals surface area contributed by atoms with Crippen LogP contribution in [0, 0.1) is 12.8 Å². The zero-order chi connectivity index (χ0) is 13.9. The van der Waals surface area contributed by atoms with E-state index in [2.05, 4.69) is 46.0 Å². The number of hydrogen-bond donors (Lipinski definition) is 0. The first kappa shape index (κ1) is 13.2. The number of aryl methyl sites for hydroxylation is 1. The molecule has 0 bridgehead atoms. The third-order valence-corrected chi connectivity index (χ3v) is 3.78. The molecule has 1 aliphatic rings. The van der Waals surface area contributed by atoms with Crippen molar-refractivity contribution in [3.05, 3.63) is 47.8 Å². The largest absolute Gasteiger partial charge is 0.497 e. The summed E-state index contributed by atoms with van der Waals surface area (Å²) in [5.41, 5.74) is 2.55. The lowest BCUT2D eigenvalue weighted by Crippen LogP contribution is -2.47. The summed E-state index contributed by atoms with van der Waals surface area (Å²) in [6.45, 7) is 6.42. The Morgan fingerprint density at radius 2 is 2.20 bits per heavy atom. The van der Waals surface area contributed by atoms with Gasteiger partial charge in [0.15, 0.2) is 0 Å². The lowest BCUT2D eigenvalue weighted by atomic mass is 9.99. The third kappa shape index (κ3) is 3.02. The predicted molar refractivity (Wildman–Crippen MR) is 78.7 cm³/mol. The molecule has 0 atom stereocenters. The quantitative estimate of drug-likeness (QED) is 0.836. The minimum Gasteiger partial charge on any atom is -0.497 e. The molecular weight excluding hydrogens is 250 g/mol. The fourth-order valence-corrected chi connectivity index (χ4v) is 2.78. The van der Waals surface area contributed by atoms with Crippen LogP contribution in [0.2, 0.25) is 0 Å². The Hall–Kier alpha value is -1.81. The summed E-state index contributed by atoms with van der Waals surface area (Å²) in [6.07, 6.45) is 4.04. The van der Waals surface area contributed by atoms with Gasteiger partial charge in [-0.2, -0.15) is 5.10 Å². The number of nitrogens with zero attached hydrogens (tertiary/aromatic N) is 3. The van der Waals surface area contributed by atoms with Crippen LogP contribution in [-0.4, -0.2) is 34.9 Å². The van der Waals surface area contributed by atoms with E-state index in [4.69, 9.17) is 4.74 Å². The molecule has 0 unspecified atom stereocenters. The van der Waals surface area contributed by atoms with Crippen molar-refractivity contribution in [2.24, 2.45) is 5.92 Å². The molecule has 106 valence electrons. The van der Waals surface area contributed by atoms with E-state index in [1.807, 2.05) is 12.3 Å². The van der Waals surface area contributed by atoms with Crippen molar-refractivity contribution in [1.29, 1.82) is 0 Å². The van der Waals surface area contributed by atoms with Crippen LogP contribution in [0.4, 0.5) is 0 Å². The van der Waals surface area contributed by atoms with Gasteiger partial charge >= 0.3 is 0 Å². The van der Waals surface area contributed by atoms with Crippen molar-refractivity contribution >= 4 is 0 Å². The van der Waals surface area contributed by atoms with Gasteiger partial charge in [0.25, 0.3) is 0 Å². The Morgan fingerprint density at radius 3 is 2.90 bits per heavy atom. The molecule has 1 aromatic carbocycles. The standard InChI is InChI=1S/C16H21N3O/c1-13-7-17-19(8-13)12-15-10-18(11-15)9-14-4-3-5-16(6-14)20-2/h3-8,15H,9-12H2,1-2H3. The molecule has 0 N–H and O–H groups in total. The molecule has 0 amide bonds. The van der Waals surface area contributed by atoms with E-state index in [0.717, 1.165) is 37.8 Å². The van der Waals surface area contributed by atoms with E-state index in [9.17, 15) is 0 Å². The van der Waals surface area contributed by atoms with E-state index in [1.165, 1.54) is 11.1 Å². The van der Waals surface area contributed by atoms with E-state index in [1.54, 1.807) is 7.11 Å². The van der Waals surface area contributed by atoms with Crippen molar-refractivity contribution in [3.8, 4) is 5.75 Å². The average molecular weight is 271 g/mol. The van der Waals surface area contributed by atoms with Crippen molar-refractivity contribution in [2.75, 3.05) is 20.2 Å². The summed E-state index contributed by atoms with van der Waals surface area (Å²) in [4.78, 5) is 2.47. The van der Waals surface area contributed by atoms with E-state index < -0.39 is 0 Å². The molecule has 0 aliphatic carbocycles. The summed E-state index contributed by atoms with van der Waals surface area (Å²) in [6, 6.07) is 8.32. The summed E-state index contributed by atoms with van der Waals surface area (Å²) < 4.78 is 7.32. The van der Waals surface area contributed by atoms with Crippen molar-refractivity contribution in [2.45, 2.75) is 20.0 Å². The first-order valence-corrected chi connectivity index (χ1v) is 7.07. The molecule has 0 saturated carbocycles. The highest BCUT2D eigenvalue weighted by Gasteiger charge is 2.26. The Balaban J connectivity index is 1.48. The molecule has 4 nitrogen and oxygen atoms in total. The normalized spacial score (nSPS) is 16.1. The van der Waals surface area contributed by atoms with Crippen LogP contribution in [0.5, 0.6) is 5.75 Å². The number of rotatable bonds is 5. The Labute approximate surface area is 120 Å². The molecule has 20 heavy (non-hydrogen) atoms. The minimum atomic E-state index is 0.722. The third-order valence-electron chi connectivity index (χ3n) is 3.78. The van der Waals surface area contributed by atoms with Crippen LogP contribution in [0.15, 0.2) is 36.7 Å². The molecule has 3 rings (SSSR count). The molecule has 1 aromatic heterocycles. The van der Waals surface area contributed by atoms with E-state index >= 15 is 0 Å². The van der Waals surface area contributed by atoms with Gasteiger partial charge in [0, 0.05) is 38.3 Å². The fourth-order valence-electron chi connectivity index (χ4n) is 2.78. The summed E-state index contributed by atoms with van der Waals surface area (Å²) >= 11 is 0. The highest BCUT2D eigenvalue weighted by Crippen LogP contribution is 2.22. The summed E-state index contributed by atoms with van der Waals surface area (Å²) in [5, 5.41) is 4.35. The molecule has 1 saturated heterocycles. The molecule has 2 heterocycles. The van der Waals surface area contributed by atoms with Crippen LogP contribution in [0.25, 0.3) is 0 Å². The van der Waals surface area contributed by atoms with Gasteiger partial charge in [-0.1, -0.05) is 12.1 Å². The number of methoxy groups -OCH3 is 1. The van der Waals surface area contributed by atoms with Crippen LogP contribution in [0.1, 0.15) is 11.1 Å². The Kier molecular flexibility index (Phi) is 3.74. The van der Waals surface area contributed by atoms with Gasteiger partial charge in [0.05, 0.1) is 13.3 Å². The average Bonchev–Trinajstić information content (AvgIpc) is 2.82. The number of benzene rings is 1. The Bertz CT molecular complexity index is 573. The molecule has 1 fully saturated rings. The monoisotopic (exact) mass is 271 g/mol. The maximum Gasteiger partial charge on any atom is 0.119 e. The second kappa shape index (κ2) is 5.67. The van der Waals surface area contributed by atoms with Gasteiger partial charge in [-0.3, -0.25) is 9.58 Å². The molecule has 1 aliphatic heterocycles. The maximum atomic E-state index is 5.26. The summed E-state index contributed by atoms with van der Waals surface area (Å²) in [5.74, 6) is 1.66. The number of aromatic nitrogens is 2. The van der Waals surface area contributed by atoms with Crippen LogP contribution in [0.3, 0.4) is 0 Å². The number of ether oxygens (including phenoxy) is 1. The highest BCUT2D eigenvalue weighted by molar-refractivity contribution is 5.28. The predicted octanol–water partition coefficient (Wildman–Crippen LogP) is 2.33. The van der Waals surface area contributed by atoms with E-state index in [0.29, 0.717) is 0 Å². The van der Waals surface area contributed by atoms with Gasteiger partial charge < -0.3 is 4.74 Å². The van der Waals surface area contributed by atoms with Gasteiger partial charge in [-0.15, -0.1) is 0 Å². The van der Waals surface area contributed by atoms with Crippen molar-refractivity contribution < 1.29 is 4.74 Å². The van der Waals surface area contributed by atoms with Gasteiger partial charge in [0.1, 0.15) is 5.75 Å². The second-order valence-electron chi connectivity index (χ2n) is 5.65. The molecule has 0 spiro atoms. The molecule has 4 heteroatoms.